The molecule has 2 N–H and O–H groups in total. The highest BCUT2D eigenvalue weighted by Crippen LogP contribution is 2.13. The molecule has 1 unspecified atom stereocenters. The minimum Gasteiger partial charge on any atom is -0.343 e. The summed E-state index contributed by atoms with van der Waals surface area (Å²) in [6.45, 7) is 9.01. The minimum atomic E-state index is -0.497. The summed E-state index contributed by atoms with van der Waals surface area (Å²) in [5.41, 5.74) is 0. The molecule has 18 heavy (non-hydrogen) atoms. The molecule has 1 heterocycles. The molecule has 6 heteroatoms. The Morgan fingerprint density at radius 1 is 1.56 bits per heavy atom. The van der Waals surface area contributed by atoms with Crippen LogP contribution in [0.2, 0.25) is 0 Å². The molecule has 1 atom stereocenters. The zero-order valence-corrected chi connectivity index (χ0v) is 10.9. The lowest BCUT2D eigenvalue weighted by Gasteiger charge is -2.24. The van der Waals surface area contributed by atoms with Crippen LogP contribution >= 0.6 is 0 Å². The SMILES string of the molecule is C=CCN1C(=O)NC(=N)C1CC(=O)N(CC)CC. The van der Waals surface area contributed by atoms with Gasteiger partial charge >= 0.3 is 6.03 Å². The van der Waals surface area contributed by atoms with Gasteiger partial charge in [-0.15, -0.1) is 6.58 Å². The highest BCUT2D eigenvalue weighted by molar-refractivity contribution is 6.07. The third-order valence-corrected chi connectivity index (χ3v) is 3.02. The highest BCUT2D eigenvalue weighted by atomic mass is 16.2. The molecule has 0 aromatic heterocycles. The van der Waals surface area contributed by atoms with Gasteiger partial charge in [0, 0.05) is 19.6 Å². The van der Waals surface area contributed by atoms with Crippen molar-refractivity contribution in [3.05, 3.63) is 12.7 Å². The molecule has 6 nitrogen and oxygen atoms in total. The lowest BCUT2D eigenvalue weighted by Crippen LogP contribution is -2.41. The van der Waals surface area contributed by atoms with Crippen LogP contribution in [0.3, 0.4) is 0 Å². The van der Waals surface area contributed by atoms with Crippen LogP contribution in [-0.4, -0.2) is 53.2 Å². The van der Waals surface area contributed by atoms with Crippen molar-refractivity contribution in [2.45, 2.75) is 26.3 Å². The molecule has 0 bridgehead atoms. The van der Waals surface area contributed by atoms with Crippen molar-refractivity contribution in [2.24, 2.45) is 0 Å². The second-order valence-electron chi connectivity index (χ2n) is 4.07. The fraction of sp³-hybridized carbons (Fsp3) is 0.583. The summed E-state index contributed by atoms with van der Waals surface area (Å²) in [6.07, 6.45) is 1.74. The Balaban J connectivity index is 2.74. The zero-order valence-electron chi connectivity index (χ0n) is 10.9. The van der Waals surface area contributed by atoms with Gasteiger partial charge in [-0.25, -0.2) is 4.79 Å². The van der Waals surface area contributed by atoms with E-state index in [1.165, 1.54) is 4.90 Å². The molecule has 0 spiro atoms. The lowest BCUT2D eigenvalue weighted by molar-refractivity contribution is -0.131. The van der Waals surface area contributed by atoms with Gasteiger partial charge in [0.05, 0.1) is 6.42 Å². The zero-order chi connectivity index (χ0) is 13.7. The number of hydrogen-bond acceptors (Lipinski definition) is 3. The molecule has 0 radical (unpaired) electrons. The molecule has 0 aromatic rings. The van der Waals surface area contributed by atoms with Crippen molar-refractivity contribution in [1.29, 1.82) is 5.41 Å². The maximum Gasteiger partial charge on any atom is 0.323 e. The molecule has 3 amide bonds. The number of amidine groups is 1. The number of hydrogen-bond donors (Lipinski definition) is 2. The number of carbonyl (C=O) groups is 2. The minimum absolute atomic E-state index is 0.0414. The normalized spacial score (nSPS) is 18.8. The molecule has 1 aliphatic heterocycles. The summed E-state index contributed by atoms with van der Waals surface area (Å²) < 4.78 is 0. The summed E-state index contributed by atoms with van der Waals surface area (Å²) in [5, 5.41) is 10.1. The lowest BCUT2D eigenvalue weighted by atomic mass is 10.1. The summed E-state index contributed by atoms with van der Waals surface area (Å²) in [6, 6.07) is -0.833. The van der Waals surface area contributed by atoms with E-state index in [0.29, 0.717) is 19.6 Å². The van der Waals surface area contributed by atoms with Crippen LogP contribution < -0.4 is 5.32 Å². The molecule has 0 saturated carbocycles. The van der Waals surface area contributed by atoms with E-state index >= 15 is 0 Å². The molecule has 1 saturated heterocycles. The number of rotatable bonds is 6. The number of nitrogens with one attached hydrogen (secondary N) is 2. The first-order valence-corrected chi connectivity index (χ1v) is 6.09. The molecule has 0 aliphatic carbocycles. The van der Waals surface area contributed by atoms with E-state index in [1.807, 2.05) is 13.8 Å². The second-order valence-corrected chi connectivity index (χ2v) is 4.07. The first-order valence-electron chi connectivity index (χ1n) is 6.09. The Kier molecular flexibility index (Phi) is 4.88. The van der Waals surface area contributed by atoms with Crippen LogP contribution in [0.15, 0.2) is 12.7 Å². The smallest absolute Gasteiger partial charge is 0.323 e. The van der Waals surface area contributed by atoms with Gasteiger partial charge in [-0.3, -0.25) is 15.5 Å². The third-order valence-electron chi connectivity index (χ3n) is 3.02. The van der Waals surface area contributed by atoms with E-state index in [4.69, 9.17) is 5.41 Å². The topological polar surface area (TPSA) is 76.5 Å². The van der Waals surface area contributed by atoms with Gasteiger partial charge in [0.1, 0.15) is 11.9 Å². The first-order chi connectivity index (χ1) is 8.54. The van der Waals surface area contributed by atoms with Crippen molar-refractivity contribution in [2.75, 3.05) is 19.6 Å². The fourth-order valence-corrected chi connectivity index (χ4v) is 2.00. The fourth-order valence-electron chi connectivity index (χ4n) is 2.00. The Bertz CT molecular complexity index is 363. The molecule has 0 aromatic carbocycles. The van der Waals surface area contributed by atoms with Crippen LogP contribution in [-0.2, 0) is 4.79 Å². The van der Waals surface area contributed by atoms with Crippen molar-refractivity contribution in [3.63, 3.8) is 0 Å². The van der Waals surface area contributed by atoms with Gasteiger partial charge in [0.2, 0.25) is 5.91 Å². The average Bonchev–Trinajstić information content (AvgIpc) is 2.58. The predicted molar refractivity (Wildman–Crippen MR) is 69.5 cm³/mol. The van der Waals surface area contributed by atoms with E-state index in [-0.39, 0.29) is 24.2 Å². The van der Waals surface area contributed by atoms with Crippen LogP contribution in [0.5, 0.6) is 0 Å². The van der Waals surface area contributed by atoms with Crippen LogP contribution in [0, 0.1) is 5.41 Å². The van der Waals surface area contributed by atoms with E-state index in [9.17, 15) is 9.59 Å². The van der Waals surface area contributed by atoms with Gasteiger partial charge in [-0.1, -0.05) is 6.08 Å². The first kappa shape index (κ1) is 14.2. The van der Waals surface area contributed by atoms with Gasteiger partial charge in [-0.2, -0.15) is 0 Å². The Hall–Kier alpha value is -1.85. The van der Waals surface area contributed by atoms with E-state index in [2.05, 4.69) is 11.9 Å². The van der Waals surface area contributed by atoms with Crippen LogP contribution in [0.25, 0.3) is 0 Å². The summed E-state index contributed by atoms with van der Waals surface area (Å²) >= 11 is 0. The number of nitrogens with zero attached hydrogens (tertiary/aromatic N) is 2. The molecular weight excluding hydrogens is 232 g/mol. The largest absolute Gasteiger partial charge is 0.343 e. The van der Waals surface area contributed by atoms with Crippen molar-refractivity contribution >= 4 is 17.8 Å². The Morgan fingerprint density at radius 3 is 2.67 bits per heavy atom. The quantitative estimate of drug-likeness (QED) is 0.686. The standard InChI is InChI=1S/C12H20N4O2/c1-4-7-16-9(11(13)14-12(16)18)8-10(17)15(5-2)6-3/h4,9H,1,5-8H2,2-3H3,(H2,13,14,18). The molecule has 1 fully saturated rings. The summed E-state index contributed by atoms with van der Waals surface area (Å²) in [5.74, 6) is 0.0441. The van der Waals surface area contributed by atoms with Crippen molar-refractivity contribution in [1.82, 2.24) is 15.1 Å². The molecule has 100 valence electrons. The van der Waals surface area contributed by atoms with Gasteiger partial charge < -0.3 is 9.80 Å². The van der Waals surface area contributed by atoms with E-state index in [1.54, 1.807) is 11.0 Å². The van der Waals surface area contributed by atoms with Gasteiger partial charge in [0.25, 0.3) is 0 Å². The van der Waals surface area contributed by atoms with Crippen LogP contribution in [0.1, 0.15) is 20.3 Å². The molecular formula is C12H20N4O2. The maximum absolute atomic E-state index is 12.0. The Morgan fingerprint density at radius 2 is 2.17 bits per heavy atom. The second kappa shape index (κ2) is 6.18. The van der Waals surface area contributed by atoms with Crippen molar-refractivity contribution < 1.29 is 9.59 Å². The van der Waals surface area contributed by atoms with Crippen LogP contribution in [0.4, 0.5) is 4.79 Å². The predicted octanol–water partition coefficient (Wildman–Crippen LogP) is 0.802. The summed E-state index contributed by atoms with van der Waals surface area (Å²) in [7, 11) is 0. The van der Waals surface area contributed by atoms with E-state index < -0.39 is 6.04 Å². The number of amides is 3. The maximum atomic E-state index is 12.0. The monoisotopic (exact) mass is 252 g/mol. The van der Waals surface area contributed by atoms with Gasteiger partial charge in [-0.05, 0) is 13.8 Å². The Labute approximate surface area is 107 Å². The summed E-state index contributed by atoms with van der Waals surface area (Å²) in [4.78, 5) is 26.7. The van der Waals surface area contributed by atoms with Gasteiger partial charge in [0.15, 0.2) is 0 Å². The highest BCUT2D eigenvalue weighted by Gasteiger charge is 2.36. The van der Waals surface area contributed by atoms with E-state index in [0.717, 1.165) is 0 Å². The molecule has 1 aliphatic rings. The van der Waals surface area contributed by atoms with Crippen molar-refractivity contribution in [3.8, 4) is 0 Å². The average molecular weight is 252 g/mol. The number of carbonyl (C=O) groups excluding carboxylic acids is 2. The molecule has 1 rings (SSSR count). The third kappa shape index (κ3) is 2.88. The number of urea groups is 1.